The lowest BCUT2D eigenvalue weighted by Gasteiger charge is -2.37. The van der Waals surface area contributed by atoms with E-state index in [1.165, 1.54) is 4.90 Å². The minimum absolute atomic E-state index is 0.0821. The normalized spacial score (nSPS) is 21.4. The predicted molar refractivity (Wildman–Crippen MR) is 142 cm³/mol. The molecule has 0 bridgehead atoms. The number of amides is 3. The van der Waals surface area contributed by atoms with Crippen molar-refractivity contribution in [3.63, 3.8) is 0 Å². The largest absolute Gasteiger partial charge is 0.376 e. The van der Waals surface area contributed by atoms with Crippen LogP contribution < -0.4 is 4.90 Å². The maximum Gasteiger partial charge on any atom is 0.263 e. The number of hydrogen-bond acceptors (Lipinski definition) is 5. The van der Waals surface area contributed by atoms with E-state index in [4.69, 9.17) is 4.74 Å². The molecule has 7 nitrogen and oxygen atoms in total. The highest BCUT2D eigenvalue weighted by Crippen LogP contribution is 2.35. The highest BCUT2D eigenvalue weighted by molar-refractivity contribution is 6.23. The van der Waals surface area contributed by atoms with Crippen LogP contribution in [0.5, 0.6) is 0 Å². The predicted octanol–water partition coefficient (Wildman–Crippen LogP) is 4.51. The van der Waals surface area contributed by atoms with E-state index in [1.807, 2.05) is 35.2 Å². The average Bonchev–Trinajstić information content (AvgIpc) is 3.54. The quantitative estimate of drug-likeness (QED) is 0.471. The molecule has 3 amide bonds. The molecule has 3 aliphatic rings. The summed E-state index contributed by atoms with van der Waals surface area (Å²) in [6.45, 7) is 5.81. The van der Waals surface area contributed by atoms with E-state index in [1.54, 1.807) is 6.07 Å². The van der Waals surface area contributed by atoms with Crippen molar-refractivity contribution >= 4 is 23.4 Å². The van der Waals surface area contributed by atoms with Crippen molar-refractivity contribution in [1.82, 2.24) is 9.80 Å². The van der Waals surface area contributed by atoms with Gasteiger partial charge in [0.05, 0.1) is 35.4 Å². The number of carbonyl (C=O) groups excluding carboxylic acids is 3. The number of benzene rings is 2. The molecule has 2 atom stereocenters. The van der Waals surface area contributed by atoms with Gasteiger partial charge in [-0.3, -0.25) is 19.3 Å². The molecule has 37 heavy (non-hydrogen) atoms. The maximum absolute atomic E-state index is 13.7. The minimum atomic E-state index is -0.242. The van der Waals surface area contributed by atoms with Crippen molar-refractivity contribution in [1.29, 1.82) is 0 Å². The first kappa shape index (κ1) is 25.5. The van der Waals surface area contributed by atoms with Crippen molar-refractivity contribution in [2.75, 3.05) is 37.7 Å². The van der Waals surface area contributed by atoms with E-state index in [2.05, 4.69) is 24.0 Å². The minimum Gasteiger partial charge on any atom is -0.376 e. The highest BCUT2D eigenvalue weighted by Gasteiger charge is 2.41. The third-order valence-electron chi connectivity index (χ3n) is 7.81. The molecule has 3 aliphatic heterocycles. The van der Waals surface area contributed by atoms with Gasteiger partial charge in [0.1, 0.15) is 0 Å². The lowest BCUT2D eigenvalue weighted by molar-refractivity contribution is -0.136. The fourth-order valence-electron chi connectivity index (χ4n) is 5.81. The summed E-state index contributed by atoms with van der Waals surface area (Å²) in [7, 11) is 0. The molecule has 0 spiro atoms. The van der Waals surface area contributed by atoms with Gasteiger partial charge in [0.2, 0.25) is 5.91 Å². The van der Waals surface area contributed by atoms with Crippen molar-refractivity contribution in [3.8, 4) is 0 Å². The van der Waals surface area contributed by atoms with Gasteiger partial charge in [0.15, 0.2) is 0 Å². The van der Waals surface area contributed by atoms with Crippen molar-refractivity contribution in [3.05, 3.63) is 65.2 Å². The molecule has 2 aromatic carbocycles. The van der Waals surface area contributed by atoms with Crippen LogP contribution in [0.2, 0.25) is 0 Å². The molecular weight excluding hydrogens is 466 g/mol. The van der Waals surface area contributed by atoms with Crippen LogP contribution in [0.3, 0.4) is 0 Å². The Labute approximate surface area is 219 Å². The zero-order valence-electron chi connectivity index (χ0n) is 21.7. The Balaban J connectivity index is 1.33. The molecular formula is C30H37N3O4. The fraction of sp³-hybridized carbons (Fsp3) is 0.500. The zero-order chi connectivity index (χ0) is 25.8. The van der Waals surface area contributed by atoms with Crippen LogP contribution in [0.25, 0.3) is 0 Å². The van der Waals surface area contributed by atoms with Gasteiger partial charge in [-0.2, -0.15) is 0 Å². The summed E-state index contributed by atoms with van der Waals surface area (Å²) < 4.78 is 5.69. The summed E-state index contributed by atoms with van der Waals surface area (Å²) in [6, 6.07) is 15.7. The van der Waals surface area contributed by atoms with Crippen molar-refractivity contribution < 1.29 is 19.1 Å². The SMILES string of the molecule is CCCCN(Cc1ccccc1)C(=O)C1CCCN(c2cccc3c2C(=O)N(CC2CCCO2)C3=O)C1. The van der Waals surface area contributed by atoms with E-state index < -0.39 is 0 Å². The zero-order valence-corrected chi connectivity index (χ0v) is 21.7. The number of fused-ring (bicyclic) bond motifs is 1. The fourth-order valence-corrected chi connectivity index (χ4v) is 5.81. The van der Waals surface area contributed by atoms with Gasteiger partial charge in [-0.05, 0) is 49.8 Å². The molecule has 0 aromatic heterocycles. The van der Waals surface area contributed by atoms with Crippen LogP contribution in [0.4, 0.5) is 5.69 Å². The third kappa shape index (κ3) is 5.42. The van der Waals surface area contributed by atoms with Crippen molar-refractivity contribution in [2.45, 2.75) is 58.1 Å². The van der Waals surface area contributed by atoms with Crippen LogP contribution in [0.15, 0.2) is 48.5 Å². The topological polar surface area (TPSA) is 70.2 Å². The van der Waals surface area contributed by atoms with Gasteiger partial charge >= 0.3 is 0 Å². The van der Waals surface area contributed by atoms with Crippen LogP contribution in [-0.4, -0.2) is 66.4 Å². The number of piperidine rings is 1. The van der Waals surface area contributed by atoms with E-state index >= 15 is 0 Å². The lowest BCUT2D eigenvalue weighted by atomic mass is 9.94. The van der Waals surface area contributed by atoms with Gasteiger partial charge in [0, 0.05) is 32.8 Å². The first-order valence-corrected chi connectivity index (χ1v) is 13.7. The number of anilines is 1. The monoisotopic (exact) mass is 503 g/mol. The number of imide groups is 1. The summed E-state index contributed by atoms with van der Waals surface area (Å²) in [6.07, 6.45) is 5.45. The van der Waals surface area contributed by atoms with Crippen molar-refractivity contribution in [2.24, 2.45) is 5.92 Å². The summed E-state index contributed by atoms with van der Waals surface area (Å²) >= 11 is 0. The molecule has 2 fully saturated rings. The Hall–Kier alpha value is -3.19. The number of ether oxygens (including phenoxy) is 1. The summed E-state index contributed by atoms with van der Waals surface area (Å²) in [5.41, 5.74) is 2.84. The standard InChI is InChI=1S/C30H37N3O4/c1-2-3-16-32(19-22-10-5-4-6-11-22)28(34)23-12-8-17-31(20-23)26-15-7-14-25-27(26)30(36)33(29(25)35)21-24-13-9-18-37-24/h4-7,10-11,14-15,23-24H,2-3,8-9,12-13,16-21H2,1H3. The summed E-state index contributed by atoms with van der Waals surface area (Å²) in [4.78, 5) is 45.8. The highest BCUT2D eigenvalue weighted by atomic mass is 16.5. The molecule has 5 rings (SSSR count). The molecule has 2 aromatic rings. The molecule has 0 radical (unpaired) electrons. The average molecular weight is 504 g/mol. The first-order chi connectivity index (χ1) is 18.1. The lowest BCUT2D eigenvalue weighted by Crippen LogP contribution is -2.45. The Morgan fingerprint density at radius 1 is 1.03 bits per heavy atom. The van der Waals surface area contributed by atoms with Gasteiger partial charge in [-0.1, -0.05) is 49.7 Å². The molecule has 3 heterocycles. The van der Waals surface area contributed by atoms with Crippen LogP contribution in [0.1, 0.15) is 71.7 Å². The van der Waals surface area contributed by atoms with E-state index in [0.717, 1.165) is 62.9 Å². The maximum atomic E-state index is 13.7. The van der Waals surface area contributed by atoms with Gasteiger partial charge in [-0.15, -0.1) is 0 Å². The summed E-state index contributed by atoms with van der Waals surface area (Å²) in [5, 5.41) is 0. The van der Waals surface area contributed by atoms with Gasteiger partial charge in [0.25, 0.3) is 11.8 Å². The Morgan fingerprint density at radius 3 is 2.62 bits per heavy atom. The number of carbonyl (C=O) groups is 3. The summed E-state index contributed by atoms with van der Waals surface area (Å²) in [5.74, 6) is -0.443. The third-order valence-corrected chi connectivity index (χ3v) is 7.81. The second kappa shape index (κ2) is 11.5. The van der Waals surface area contributed by atoms with Gasteiger partial charge < -0.3 is 14.5 Å². The van der Waals surface area contributed by atoms with Crippen LogP contribution >= 0.6 is 0 Å². The Bertz CT molecular complexity index is 1130. The second-order valence-electron chi connectivity index (χ2n) is 10.4. The second-order valence-corrected chi connectivity index (χ2v) is 10.4. The van der Waals surface area contributed by atoms with Crippen LogP contribution in [-0.2, 0) is 16.1 Å². The molecule has 7 heteroatoms. The molecule has 2 unspecified atom stereocenters. The van der Waals surface area contributed by atoms with E-state index in [9.17, 15) is 14.4 Å². The first-order valence-electron chi connectivity index (χ1n) is 13.7. The Morgan fingerprint density at radius 2 is 1.86 bits per heavy atom. The number of hydrogen-bond donors (Lipinski definition) is 0. The van der Waals surface area contributed by atoms with E-state index in [-0.39, 0.29) is 29.7 Å². The molecule has 2 saturated heterocycles. The molecule has 0 aliphatic carbocycles. The number of rotatable bonds is 9. The van der Waals surface area contributed by atoms with Gasteiger partial charge in [-0.25, -0.2) is 0 Å². The smallest absolute Gasteiger partial charge is 0.263 e. The number of unbranched alkanes of at least 4 members (excludes halogenated alkanes) is 1. The van der Waals surface area contributed by atoms with Crippen LogP contribution in [0, 0.1) is 5.92 Å². The molecule has 0 N–H and O–H groups in total. The van der Waals surface area contributed by atoms with E-state index in [0.29, 0.717) is 37.4 Å². The Kier molecular flexibility index (Phi) is 7.89. The molecule has 196 valence electrons. The molecule has 0 saturated carbocycles. The number of nitrogens with zero attached hydrogens (tertiary/aromatic N) is 3.